The molecule has 0 aliphatic rings. The summed E-state index contributed by atoms with van der Waals surface area (Å²) in [7, 11) is 0. The van der Waals surface area contributed by atoms with E-state index in [0.717, 1.165) is 27.6 Å². The van der Waals surface area contributed by atoms with E-state index in [4.69, 9.17) is 0 Å². The molecule has 0 aliphatic carbocycles. The Balaban J connectivity index is 2.37. The molecule has 3 nitrogen and oxygen atoms in total. The first-order valence-corrected chi connectivity index (χ1v) is 8.12. The van der Waals surface area contributed by atoms with Crippen molar-refractivity contribution in [3.05, 3.63) is 58.4 Å². The number of benzene rings is 2. The summed E-state index contributed by atoms with van der Waals surface area (Å²) < 4.78 is 0. The number of fused-ring (bicyclic) bond motifs is 1. The summed E-state index contributed by atoms with van der Waals surface area (Å²) in [6.45, 7) is 1.99. The van der Waals surface area contributed by atoms with Gasteiger partial charge in [-0.2, -0.15) is 0 Å². The molecule has 0 radical (unpaired) electrons. The normalized spacial score (nSPS) is 11.0. The van der Waals surface area contributed by atoms with Gasteiger partial charge in [0.2, 0.25) is 0 Å². The first-order valence-electron chi connectivity index (χ1n) is 6.90. The van der Waals surface area contributed by atoms with Gasteiger partial charge in [0.1, 0.15) is 0 Å². The quantitative estimate of drug-likeness (QED) is 0.589. The summed E-state index contributed by atoms with van der Waals surface area (Å²) in [6, 6.07) is 14.3. The smallest absolute Gasteiger partial charge is 0.255 e. The SMILES string of the molecule is CCc1c(-c2cccc3ccccc23)nc(SC)[nH]c1=O. The first kappa shape index (κ1) is 13.9. The minimum absolute atomic E-state index is 0.0419. The summed E-state index contributed by atoms with van der Waals surface area (Å²) in [6.07, 6.45) is 2.58. The zero-order valence-electron chi connectivity index (χ0n) is 12.0. The molecular formula is C17H16N2OS. The third-order valence-corrected chi connectivity index (χ3v) is 4.17. The largest absolute Gasteiger partial charge is 0.301 e. The highest BCUT2D eigenvalue weighted by Gasteiger charge is 2.13. The molecule has 0 unspecified atom stereocenters. The van der Waals surface area contributed by atoms with E-state index in [1.54, 1.807) is 0 Å². The first-order chi connectivity index (χ1) is 10.2. The van der Waals surface area contributed by atoms with Gasteiger partial charge in [-0.05, 0) is 23.4 Å². The molecule has 0 bridgehead atoms. The second kappa shape index (κ2) is 5.74. The van der Waals surface area contributed by atoms with E-state index < -0.39 is 0 Å². The molecule has 0 saturated carbocycles. The van der Waals surface area contributed by atoms with E-state index in [1.807, 2.05) is 37.4 Å². The minimum Gasteiger partial charge on any atom is -0.301 e. The summed E-state index contributed by atoms with van der Waals surface area (Å²) in [5.74, 6) is 0. The highest BCUT2D eigenvalue weighted by Crippen LogP contribution is 2.29. The highest BCUT2D eigenvalue weighted by molar-refractivity contribution is 7.98. The molecule has 0 amide bonds. The average Bonchev–Trinajstić information content (AvgIpc) is 2.53. The van der Waals surface area contributed by atoms with Crippen molar-refractivity contribution in [1.29, 1.82) is 0 Å². The van der Waals surface area contributed by atoms with Crippen molar-refractivity contribution in [2.24, 2.45) is 0 Å². The van der Waals surface area contributed by atoms with Gasteiger partial charge in [0.25, 0.3) is 5.56 Å². The molecule has 0 atom stereocenters. The number of hydrogen-bond acceptors (Lipinski definition) is 3. The fraction of sp³-hybridized carbons (Fsp3) is 0.176. The molecule has 4 heteroatoms. The van der Waals surface area contributed by atoms with Crippen LogP contribution in [-0.2, 0) is 6.42 Å². The third kappa shape index (κ3) is 2.47. The predicted octanol–water partition coefficient (Wildman–Crippen LogP) is 3.87. The maximum Gasteiger partial charge on any atom is 0.255 e. The Labute approximate surface area is 127 Å². The van der Waals surface area contributed by atoms with Crippen LogP contribution in [0.5, 0.6) is 0 Å². The summed E-state index contributed by atoms with van der Waals surface area (Å²) >= 11 is 1.45. The van der Waals surface area contributed by atoms with E-state index in [-0.39, 0.29) is 5.56 Å². The molecule has 3 rings (SSSR count). The lowest BCUT2D eigenvalue weighted by Gasteiger charge is -2.11. The predicted molar refractivity (Wildman–Crippen MR) is 89.0 cm³/mol. The van der Waals surface area contributed by atoms with E-state index >= 15 is 0 Å². The van der Waals surface area contributed by atoms with E-state index in [9.17, 15) is 4.79 Å². The maximum absolute atomic E-state index is 12.3. The molecule has 1 N–H and O–H groups in total. The summed E-state index contributed by atoms with van der Waals surface area (Å²) in [4.78, 5) is 19.7. The Morgan fingerprint density at radius 3 is 2.67 bits per heavy atom. The second-order valence-corrected chi connectivity index (χ2v) is 5.58. The summed E-state index contributed by atoms with van der Waals surface area (Å²) in [5.41, 5.74) is 2.51. The van der Waals surface area contributed by atoms with Crippen LogP contribution in [0.15, 0.2) is 52.4 Å². The molecule has 21 heavy (non-hydrogen) atoms. The standard InChI is InChI=1S/C17H16N2OS/c1-3-12-15(18-17(21-2)19-16(12)20)14-10-6-8-11-7-4-5-9-13(11)14/h4-10H,3H2,1-2H3,(H,18,19,20). The zero-order chi connectivity index (χ0) is 14.8. The van der Waals surface area contributed by atoms with Crippen molar-refractivity contribution in [1.82, 2.24) is 9.97 Å². The second-order valence-electron chi connectivity index (χ2n) is 4.78. The fourth-order valence-corrected chi connectivity index (χ4v) is 2.93. The van der Waals surface area contributed by atoms with Crippen molar-refractivity contribution >= 4 is 22.5 Å². The lowest BCUT2D eigenvalue weighted by molar-refractivity contribution is 0.901. The van der Waals surface area contributed by atoms with E-state index in [0.29, 0.717) is 11.6 Å². The zero-order valence-corrected chi connectivity index (χ0v) is 12.8. The van der Waals surface area contributed by atoms with Crippen LogP contribution < -0.4 is 5.56 Å². The molecule has 1 heterocycles. The number of rotatable bonds is 3. The van der Waals surface area contributed by atoms with Gasteiger partial charge in [0.15, 0.2) is 5.16 Å². The Morgan fingerprint density at radius 1 is 1.14 bits per heavy atom. The highest BCUT2D eigenvalue weighted by atomic mass is 32.2. The Hall–Kier alpha value is -2.07. The van der Waals surface area contributed by atoms with Crippen LogP contribution >= 0.6 is 11.8 Å². The van der Waals surface area contributed by atoms with Crippen LogP contribution in [0.2, 0.25) is 0 Å². The topological polar surface area (TPSA) is 45.8 Å². The van der Waals surface area contributed by atoms with Crippen molar-refractivity contribution in [2.75, 3.05) is 6.26 Å². The van der Waals surface area contributed by atoms with Crippen molar-refractivity contribution in [2.45, 2.75) is 18.5 Å². The van der Waals surface area contributed by atoms with Crippen LogP contribution in [-0.4, -0.2) is 16.2 Å². The molecule has 106 valence electrons. The monoisotopic (exact) mass is 296 g/mol. The van der Waals surface area contributed by atoms with Gasteiger partial charge in [0.05, 0.1) is 5.69 Å². The molecule has 1 aromatic heterocycles. The Kier molecular flexibility index (Phi) is 3.80. The maximum atomic E-state index is 12.3. The van der Waals surface area contributed by atoms with Crippen LogP contribution in [0.1, 0.15) is 12.5 Å². The third-order valence-electron chi connectivity index (χ3n) is 3.59. The Morgan fingerprint density at radius 2 is 1.90 bits per heavy atom. The van der Waals surface area contributed by atoms with Gasteiger partial charge >= 0.3 is 0 Å². The number of aromatic amines is 1. The van der Waals surface area contributed by atoms with Gasteiger partial charge < -0.3 is 4.98 Å². The molecule has 2 aromatic carbocycles. The number of nitrogens with one attached hydrogen (secondary N) is 1. The number of nitrogens with zero attached hydrogens (tertiary/aromatic N) is 1. The van der Waals surface area contributed by atoms with Crippen molar-refractivity contribution < 1.29 is 0 Å². The van der Waals surface area contributed by atoms with Crippen LogP contribution in [0.3, 0.4) is 0 Å². The lowest BCUT2D eigenvalue weighted by atomic mass is 9.99. The number of H-pyrrole nitrogens is 1. The average molecular weight is 296 g/mol. The van der Waals surface area contributed by atoms with Crippen LogP contribution in [0, 0.1) is 0 Å². The van der Waals surface area contributed by atoms with Gasteiger partial charge in [-0.15, -0.1) is 0 Å². The molecule has 0 fully saturated rings. The molecule has 0 saturated heterocycles. The minimum atomic E-state index is -0.0419. The summed E-state index contributed by atoms with van der Waals surface area (Å²) in [5, 5.41) is 2.94. The fourth-order valence-electron chi connectivity index (χ4n) is 2.56. The van der Waals surface area contributed by atoms with E-state index in [1.165, 1.54) is 11.8 Å². The molecule has 3 aromatic rings. The Bertz CT molecular complexity index is 850. The van der Waals surface area contributed by atoms with Crippen LogP contribution in [0.25, 0.3) is 22.0 Å². The van der Waals surface area contributed by atoms with Gasteiger partial charge in [-0.3, -0.25) is 4.79 Å². The number of thioether (sulfide) groups is 1. The molecule has 0 spiro atoms. The van der Waals surface area contributed by atoms with Crippen molar-refractivity contribution in [3.8, 4) is 11.3 Å². The van der Waals surface area contributed by atoms with Gasteiger partial charge in [-0.25, -0.2) is 4.98 Å². The molecular weight excluding hydrogens is 280 g/mol. The van der Waals surface area contributed by atoms with Gasteiger partial charge in [0, 0.05) is 11.1 Å². The number of aromatic nitrogens is 2. The van der Waals surface area contributed by atoms with Crippen LogP contribution in [0.4, 0.5) is 0 Å². The molecule has 0 aliphatic heterocycles. The lowest BCUT2D eigenvalue weighted by Crippen LogP contribution is -2.16. The van der Waals surface area contributed by atoms with E-state index in [2.05, 4.69) is 28.2 Å². The van der Waals surface area contributed by atoms with Gasteiger partial charge in [-0.1, -0.05) is 61.2 Å². The van der Waals surface area contributed by atoms with Crippen molar-refractivity contribution in [3.63, 3.8) is 0 Å². The number of hydrogen-bond donors (Lipinski definition) is 1.